The quantitative estimate of drug-likeness (QED) is 0.624. The highest BCUT2D eigenvalue weighted by atomic mass is 35.5. The average molecular weight is 333 g/mol. The molecule has 2 nitrogen and oxygen atoms in total. The number of nitrogens with one attached hydrogen (secondary N) is 1. The van der Waals surface area contributed by atoms with Crippen molar-refractivity contribution in [1.29, 1.82) is 0 Å². The molecule has 0 unspecified atom stereocenters. The topological polar surface area (TPSA) is 24.9 Å². The molecule has 22 heavy (non-hydrogen) atoms. The fraction of sp³-hybridized carbons (Fsp3) is 0.167. The summed E-state index contributed by atoms with van der Waals surface area (Å²) in [6.45, 7) is 6.20. The van der Waals surface area contributed by atoms with Crippen molar-refractivity contribution in [3.8, 4) is 0 Å². The van der Waals surface area contributed by atoms with Gasteiger partial charge < -0.3 is 5.32 Å². The summed E-state index contributed by atoms with van der Waals surface area (Å²) in [5.74, 6) is 0.837. The van der Waals surface area contributed by atoms with Crippen molar-refractivity contribution in [3.05, 3.63) is 64.2 Å². The summed E-state index contributed by atoms with van der Waals surface area (Å²) in [4.78, 5) is 4.67. The van der Waals surface area contributed by atoms with Gasteiger partial charge in [0, 0.05) is 16.1 Å². The van der Waals surface area contributed by atoms with E-state index in [0.29, 0.717) is 0 Å². The molecule has 3 aromatic rings. The lowest BCUT2D eigenvalue weighted by Gasteiger charge is -2.10. The third-order valence-electron chi connectivity index (χ3n) is 3.62. The van der Waals surface area contributed by atoms with Gasteiger partial charge in [0.2, 0.25) is 0 Å². The number of rotatable bonds is 2. The monoisotopic (exact) mass is 332 g/mol. The van der Waals surface area contributed by atoms with E-state index in [-0.39, 0.29) is 12.4 Å². The van der Waals surface area contributed by atoms with Gasteiger partial charge in [-0.2, -0.15) is 0 Å². The van der Waals surface area contributed by atoms with E-state index in [0.717, 1.165) is 27.6 Å². The molecule has 0 atom stereocenters. The second-order valence-electron chi connectivity index (χ2n) is 5.43. The fourth-order valence-corrected chi connectivity index (χ4v) is 2.57. The van der Waals surface area contributed by atoms with Crippen LogP contribution in [-0.4, -0.2) is 4.98 Å². The predicted octanol–water partition coefficient (Wildman–Crippen LogP) is 5.98. The number of fused-ring (bicyclic) bond motifs is 1. The van der Waals surface area contributed by atoms with Gasteiger partial charge in [-0.25, -0.2) is 4.98 Å². The number of hydrogen-bond donors (Lipinski definition) is 1. The van der Waals surface area contributed by atoms with E-state index < -0.39 is 0 Å². The number of nitrogens with zero attached hydrogens (tertiary/aromatic N) is 1. The lowest BCUT2D eigenvalue weighted by atomic mass is 10.1. The van der Waals surface area contributed by atoms with E-state index in [1.165, 1.54) is 16.5 Å². The molecule has 1 heterocycles. The van der Waals surface area contributed by atoms with E-state index in [2.05, 4.69) is 48.4 Å². The number of aromatic nitrogens is 1. The van der Waals surface area contributed by atoms with E-state index in [9.17, 15) is 0 Å². The summed E-state index contributed by atoms with van der Waals surface area (Å²) in [5, 5.41) is 5.28. The van der Waals surface area contributed by atoms with Crippen LogP contribution in [0.4, 0.5) is 11.5 Å². The number of hydrogen-bond acceptors (Lipinski definition) is 2. The largest absolute Gasteiger partial charge is 0.340 e. The first-order valence-corrected chi connectivity index (χ1v) is 7.32. The van der Waals surface area contributed by atoms with Crippen LogP contribution >= 0.6 is 24.0 Å². The minimum atomic E-state index is 0. The number of anilines is 2. The maximum absolute atomic E-state index is 6.16. The SMILES string of the molecule is Cc1ccc2nc(Nc3ccc(C)c(Cl)c3)cc(C)c2c1.Cl. The fourth-order valence-electron chi connectivity index (χ4n) is 2.39. The highest BCUT2D eigenvalue weighted by Crippen LogP contribution is 2.25. The molecule has 0 fully saturated rings. The van der Waals surface area contributed by atoms with Crippen LogP contribution in [0, 0.1) is 20.8 Å². The molecule has 4 heteroatoms. The normalized spacial score (nSPS) is 10.4. The zero-order valence-electron chi connectivity index (χ0n) is 12.8. The first-order valence-electron chi connectivity index (χ1n) is 6.94. The Balaban J connectivity index is 0.00000176. The zero-order chi connectivity index (χ0) is 15.0. The summed E-state index contributed by atoms with van der Waals surface area (Å²) in [6, 6.07) is 14.3. The number of halogens is 2. The molecule has 114 valence electrons. The summed E-state index contributed by atoms with van der Waals surface area (Å²) in [6.07, 6.45) is 0. The van der Waals surface area contributed by atoms with Gasteiger partial charge in [0.1, 0.15) is 5.82 Å². The van der Waals surface area contributed by atoms with Crippen LogP contribution in [-0.2, 0) is 0 Å². The van der Waals surface area contributed by atoms with Gasteiger partial charge in [-0.3, -0.25) is 0 Å². The molecule has 1 N–H and O–H groups in total. The van der Waals surface area contributed by atoms with Gasteiger partial charge in [0.25, 0.3) is 0 Å². The third kappa shape index (κ3) is 3.34. The second kappa shape index (κ2) is 6.55. The number of pyridine rings is 1. The van der Waals surface area contributed by atoms with Gasteiger partial charge in [0.15, 0.2) is 0 Å². The number of aryl methyl sites for hydroxylation is 3. The van der Waals surface area contributed by atoms with Gasteiger partial charge in [-0.15, -0.1) is 12.4 Å². The van der Waals surface area contributed by atoms with E-state index in [1.807, 2.05) is 25.1 Å². The maximum Gasteiger partial charge on any atom is 0.131 e. The van der Waals surface area contributed by atoms with Gasteiger partial charge in [-0.05, 0) is 62.2 Å². The van der Waals surface area contributed by atoms with Crippen molar-refractivity contribution in [2.24, 2.45) is 0 Å². The molecule has 0 aliphatic heterocycles. The van der Waals surface area contributed by atoms with Crippen LogP contribution in [0.3, 0.4) is 0 Å². The molecule has 0 amide bonds. The third-order valence-corrected chi connectivity index (χ3v) is 4.02. The van der Waals surface area contributed by atoms with Crippen molar-refractivity contribution in [2.45, 2.75) is 20.8 Å². The molecule has 0 saturated carbocycles. The van der Waals surface area contributed by atoms with Crippen LogP contribution in [0.5, 0.6) is 0 Å². The Labute approximate surface area is 141 Å². The van der Waals surface area contributed by atoms with Gasteiger partial charge >= 0.3 is 0 Å². The standard InChI is InChI=1S/C18H17ClN2.ClH/c1-11-4-7-17-15(8-11)13(3)9-18(21-17)20-14-6-5-12(2)16(19)10-14;/h4-10H,1-3H3,(H,20,21);1H. The minimum absolute atomic E-state index is 0. The molecule has 0 aliphatic carbocycles. The molecule has 0 saturated heterocycles. The second-order valence-corrected chi connectivity index (χ2v) is 5.84. The van der Waals surface area contributed by atoms with E-state index in [4.69, 9.17) is 11.6 Å². The molecule has 3 rings (SSSR count). The first-order chi connectivity index (χ1) is 10.0. The minimum Gasteiger partial charge on any atom is -0.340 e. The molecule has 0 aliphatic rings. The molecule has 1 aromatic heterocycles. The Bertz CT molecular complexity index is 829. The molecular formula is C18H18Cl2N2. The maximum atomic E-state index is 6.16. The predicted molar refractivity (Wildman–Crippen MR) is 97.9 cm³/mol. The number of benzene rings is 2. The zero-order valence-corrected chi connectivity index (χ0v) is 14.3. The lowest BCUT2D eigenvalue weighted by Crippen LogP contribution is -1.96. The van der Waals surface area contributed by atoms with E-state index >= 15 is 0 Å². The van der Waals surface area contributed by atoms with Crippen molar-refractivity contribution < 1.29 is 0 Å². The Morgan fingerprint density at radius 3 is 2.41 bits per heavy atom. The lowest BCUT2D eigenvalue weighted by molar-refractivity contribution is 1.33. The van der Waals surface area contributed by atoms with Crippen LogP contribution in [0.1, 0.15) is 16.7 Å². The van der Waals surface area contributed by atoms with E-state index in [1.54, 1.807) is 0 Å². The average Bonchev–Trinajstić information content (AvgIpc) is 2.44. The highest BCUT2D eigenvalue weighted by molar-refractivity contribution is 6.31. The molecular weight excluding hydrogens is 315 g/mol. The Morgan fingerprint density at radius 1 is 0.909 bits per heavy atom. The van der Waals surface area contributed by atoms with Crippen molar-refractivity contribution >= 4 is 46.4 Å². The van der Waals surface area contributed by atoms with Crippen molar-refractivity contribution in [2.75, 3.05) is 5.32 Å². The van der Waals surface area contributed by atoms with Crippen molar-refractivity contribution in [3.63, 3.8) is 0 Å². The van der Waals surface area contributed by atoms with Gasteiger partial charge in [0.05, 0.1) is 5.52 Å². The van der Waals surface area contributed by atoms with Crippen molar-refractivity contribution in [1.82, 2.24) is 4.98 Å². The summed E-state index contributed by atoms with van der Waals surface area (Å²) < 4.78 is 0. The Kier molecular flexibility index (Phi) is 4.94. The Hall–Kier alpha value is -1.77. The van der Waals surface area contributed by atoms with Crippen LogP contribution < -0.4 is 5.32 Å². The smallest absolute Gasteiger partial charge is 0.131 e. The first kappa shape index (κ1) is 16.6. The molecule has 0 spiro atoms. The van der Waals surface area contributed by atoms with Crippen LogP contribution in [0.25, 0.3) is 10.9 Å². The molecule has 0 radical (unpaired) electrons. The summed E-state index contributed by atoms with van der Waals surface area (Å²) in [5.41, 5.74) is 5.48. The summed E-state index contributed by atoms with van der Waals surface area (Å²) >= 11 is 6.16. The highest BCUT2D eigenvalue weighted by Gasteiger charge is 2.04. The van der Waals surface area contributed by atoms with Crippen LogP contribution in [0.2, 0.25) is 5.02 Å². The van der Waals surface area contributed by atoms with Crippen LogP contribution in [0.15, 0.2) is 42.5 Å². The Morgan fingerprint density at radius 2 is 1.68 bits per heavy atom. The molecule has 2 aromatic carbocycles. The van der Waals surface area contributed by atoms with Gasteiger partial charge in [-0.1, -0.05) is 29.3 Å². The summed E-state index contributed by atoms with van der Waals surface area (Å²) in [7, 11) is 0. The molecule has 0 bridgehead atoms.